The van der Waals surface area contributed by atoms with Gasteiger partial charge in [-0.05, 0) is 118 Å². The van der Waals surface area contributed by atoms with E-state index >= 15 is 0 Å². The maximum absolute atomic E-state index is 7.29. The fourth-order valence-electron chi connectivity index (χ4n) is 15.0. The molecule has 0 saturated heterocycles. The van der Waals surface area contributed by atoms with Crippen LogP contribution in [-0.2, 0) is 85.0 Å². The molecule has 0 unspecified atom stereocenters. The van der Waals surface area contributed by atoms with Crippen LogP contribution in [0, 0.1) is 0 Å². The average molecular weight is 1560 g/mol. The summed E-state index contributed by atoms with van der Waals surface area (Å²) < 4.78 is 72.8. The fourth-order valence-corrected chi connectivity index (χ4v) is 15.0. The molecular weight excluding hydrogens is 1450 g/mol. The van der Waals surface area contributed by atoms with Gasteiger partial charge in [-0.15, -0.1) is 0 Å². The summed E-state index contributed by atoms with van der Waals surface area (Å²) in [5.74, 6) is 7.19. The normalized spacial score (nSPS) is 11.7. The van der Waals surface area contributed by atoms with Gasteiger partial charge < -0.3 is 47.4 Å². The van der Waals surface area contributed by atoms with Crippen LogP contribution in [0.5, 0.6) is 57.5 Å². The fraction of sp³-hybridized carbons (Fsp3) is 0.271. The quantitative estimate of drug-likeness (QED) is 0.0346. The van der Waals surface area contributed by atoms with Gasteiger partial charge in [0.1, 0.15) is 110 Å². The molecule has 0 amide bonds. The molecule has 0 saturated carbocycles. The van der Waals surface area contributed by atoms with Crippen molar-refractivity contribution in [3.63, 3.8) is 0 Å². The van der Waals surface area contributed by atoms with Crippen molar-refractivity contribution in [1.82, 2.24) is 0 Å². The van der Waals surface area contributed by atoms with Gasteiger partial charge in [0, 0.05) is 87.7 Å². The van der Waals surface area contributed by atoms with Gasteiger partial charge in [0.05, 0.1) is 13.2 Å². The van der Waals surface area contributed by atoms with E-state index in [2.05, 4.69) is 269 Å². The minimum Gasteiger partial charge on any atom is -0.493 e. The summed E-state index contributed by atoms with van der Waals surface area (Å²) in [6, 6.07) is 105. The Hall–Kier alpha value is -12.1. The first-order valence-electron chi connectivity index (χ1n) is 42.3. The summed E-state index contributed by atoms with van der Waals surface area (Å²) in [5, 5.41) is 0. The molecule has 0 radical (unpaired) electrons. The zero-order chi connectivity index (χ0) is 79.7. The van der Waals surface area contributed by atoms with Crippen molar-refractivity contribution in [3.8, 4) is 57.5 Å². The van der Waals surface area contributed by atoms with E-state index in [0.717, 1.165) is 162 Å². The van der Waals surface area contributed by atoms with E-state index in [4.69, 9.17) is 47.4 Å². The first-order chi connectivity index (χ1) is 57.9. The van der Waals surface area contributed by atoms with E-state index in [1.807, 2.05) is 48.5 Å². The van der Waals surface area contributed by atoms with E-state index < -0.39 is 0 Å². The van der Waals surface area contributed by atoms with Gasteiger partial charge in [0.2, 0.25) is 0 Å². The van der Waals surface area contributed by atoms with Crippen molar-refractivity contribution in [1.29, 1.82) is 0 Å². The zero-order valence-electron chi connectivity index (χ0n) is 68.0. The summed E-state index contributed by atoms with van der Waals surface area (Å²) in [6.07, 6.45) is 15.4. The minimum absolute atomic E-state index is 0.304. The standard InChI is InChI=1S/C107H110O10/c1-3-5-7-9-11-37-55-108-98-62-89-58-91-65-103(113-75-83-45-27-16-28-46-83)93(67-101(91)111-73-81-41-23-14-24-42-81)60-95-69-107(117-79-87-53-35-20-36-54-87)97(71-105(95)115-77-85-49-31-18-32-50-85)61-96-70-104(114-76-84-47-29-17-30-48-84)94(68-106(96)116-78-86-51-33-19-34-52-86)59-92-66-100(110-72-80-39-21-13-22-40-80)90(64-102(92)112-74-82-43-25-15-26-44-82)57-88(98)63-99(89)109-56-38-12-10-8-6-4-2/h13-36,39-54,62-71H,3-12,37-38,55-61,72-79H2,1-2H3. The molecule has 0 N–H and O–H groups in total. The van der Waals surface area contributed by atoms with Crippen molar-refractivity contribution in [3.05, 3.63) is 403 Å². The Bertz CT molecular complexity index is 4840. The molecule has 10 heteroatoms. The first-order valence-corrected chi connectivity index (χ1v) is 42.3. The molecule has 0 atom stereocenters. The summed E-state index contributed by atoms with van der Waals surface area (Å²) in [5.41, 5.74) is 17.5. The third kappa shape index (κ3) is 24.5. The van der Waals surface area contributed by atoms with Gasteiger partial charge in [-0.3, -0.25) is 0 Å². The van der Waals surface area contributed by atoms with Gasteiger partial charge in [-0.1, -0.05) is 321 Å². The Balaban J connectivity index is 1.03. The predicted molar refractivity (Wildman–Crippen MR) is 470 cm³/mol. The summed E-state index contributed by atoms with van der Waals surface area (Å²) in [6.45, 7) is 8.12. The Morgan fingerprint density at radius 2 is 0.299 bits per heavy atom. The van der Waals surface area contributed by atoms with Crippen molar-refractivity contribution in [2.75, 3.05) is 13.2 Å². The maximum Gasteiger partial charge on any atom is 0.123 e. The second-order valence-electron chi connectivity index (χ2n) is 30.6. The molecule has 0 aromatic heterocycles. The molecule has 598 valence electrons. The Kier molecular flexibility index (Phi) is 30.3. The topological polar surface area (TPSA) is 92.3 Å². The van der Waals surface area contributed by atoms with Gasteiger partial charge in [0.25, 0.3) is 0 Å². The van der Waals surface area contributed by atoms with Crippen LogP contribution in [0.25, 0.3) is 0 Å². The number of benzene rings is 13. The molecule has 10 bridgehead atoms. The molecule has 0 fully saturated rings. The summed E-state index contributed by atoms with van der Waals surface area (Å²) in [4.78, 5) is 0. The van der Waals surface area contributed by atoms with Crippen molar-refractivity contribution in [2.24, 2.45) is 0 Å². The second-order valence-corrected chi connectivity index (χ2v) is 30.6. The lowest BCUT2D eigenvalue weighted by molar-refractivity contribution is 0.287. The molecule has 10 nitrogen and oxygen atoms in total. The largest absolute Gasteiger partial charge is 0.493 e. The predicted octanol–water partition coefficient (Wildman–Crippen LogP) is 26.1. The van der Waals surface area contributed by atoms with Gasteiger partial charge in [0.15, 0.2) is 0 Å². The van der Waals surface area contributed by atoms with Crippen LogP contribution in [0.1, 0.15) is 191 Å². The minimum atomic E-state index is 0.304. The van der Waals surface area contributed by atoms with Crippen LogP contribution in [0.2, 0.25) is 0 Å². The molecule has 13 aromatic carbocycles. The van der Waals surface area contributed by atoms with Gasteiger partial charge in [-0.2, -0.15) is 0 Å². The SMILES string of the molecule is CCCCCCCCOc1cc2c(OCCCCCCCC)cc1Cc1cc(OCc3ccccc3)c(cc1OCc1ccccc1)Cc1cc(OCc3ccccc3)c(cc1OCc1ccccc1)Cc1cc(OCc3ccccc3)c(cc1OCc1ccccc1)Cc1cc(OCc3ccccc3)c(cc1OCc1ccccc1)C2. The summed E-state index contributed by atoms with van der Waals surface area (Å²) >= 11 is 0. The van der Waals surface area contributed by atoms with Crippen LogP contribution < -0.4 is 47.4 Å². The zero-order valence-corrected chi connectivity index (χ0v) is 68.0. The third-order valence-corrected chi connectivity index (χ3v) is 21.5. The lowest BCUT2D eigenvalue weighted by Gasteiger charge is -2.22. The smallest absolute Gasteiger partial charge is 0.123 e. The number of rotatable bonds is 40. The van der Waals surface area contributed by atoms with Crippen LogP contribution in [0.15, 0.2) is 303 Å². The molecule has 0 spiro atoms. The lowest BCUT2D eigenvalue weighted by atomic mass is 9.94. The highest BCUT2D eigenvalue weighted by Gasteiger charge is 2.26. The van der Waals surface area contributed by atoms with Gasteiger partial charge >= 0.3 is 0 Å². The monoisotopic (exact) mass is 1550 g/mol. The molecule has 10 aliphatic rings. The van der Waals surface area contributed by atoms with E-state index in [-0.39, 0.29) is 0 Å². The molecule has 0 aliphatic heterocycles. The van der Waals surface area contributed by atoms with E-state index in [1.54, 1.807) is 0 Å². The van der Waals surface area contributed by atoms with Crippen molar-refractivity contribution < 1.29 is 47.4 Å². The third-order valence-electron chi connectivity index (χ3n) is 21.5. The molecule has 10 aliphatic carbocycles. The lowest BCUT2D eigenvalue weighted by Crippen LogP contribution is -2.09. The number of hydrogen-bond donors (Lipinski definition) is 0. The summed E-state index contributed by atoms with van der Waals surface area (Å²) in [7, 11) is 0. The van der Waals surface area contributed by atoms with E-state index in [1.165, 1.54) is 38.5 Å². The number of unbranched alkanes of at least 4 members (excludes halogenated alkanes) is 10. The molecule has 0 heterocycles. The first kappa shape index (κ1) is 81.4. The van der Waals surface area contributed by atoms with Crippen molar-refractivity contribution >= 4 is 0 Å². The molecule has 117 heavy (non-hydrogen) atoms. The average Bonchev–Trinajstić information content (AvgIpc) is 1.35. The molecular formula is C107H110O10. The Labute approximate surface area is 693 Å². The highest BCUT2D eigenvalue weighted by Crippen LogP contribution is 2.45. The van der Waals surface area contributed by atoms with Gasteiger partial charge in [-0.25, -0.2) is 0 Å². The maximum atomic E-state index is 7.29. The van der Waals surface area contributed by atoms with E-state index in [9.17, 15) is 0 Å². The Morgan fingerprint density at radius 1 is 0.162 bits per heavy atom. The van der Waals surface area contributed by atoms with Crippen LogP contribution in [-0.4, -0.2) is 13.2 Å². The number of hydrogen-bond acceptors (Lipinski definition) is 10. The van der Waals surface area contributed by atoms with Crippen LogP contribution in [0.3, 0.4) is 0 Å². The molecule has 13 aromatic rings. The highest BCUT2D eigenvalue weighted by atomic mass is 16.5. The second kappa shape index (κ2) is 43.5. The highest BCUT2D eigenvalue weighted by molar-refractivity contribution is 5.60. The Morgan fingerprint density at radius 3 is 0.453 bits per heavy atom. The number of ether oxygens (including phenoxy) is 10. The van der Waals surface area contributed by atoms with Crippen LogP contribution >= 0.6 is 0 Å². The van der Waals surface area contributed by atoms with Crippen molar-refractivity contribution in [2.45, 2.75) is 176 Å². The van der Waals surface area contributed by atoms with E-state index in [0.29, 0.717) is 133 Å². The van der Waals surface area contributed by atoms with Crippen LogP contribution in [0.4, 0.5) is 0 Å². The molecule has 23 rings (SSSR count).